The topological polar surface area (TPSA) is 190 Å². The molecule has 3 N–H and O–H groups in total. The zero-order valence-corrected chi connectivity index (χ0v) is 38.1. The summed E-state index contributed by atoms with van der Waals surface area (Å²) in [6.07, 6.45) is -2.47. The number of amides is 1. The van der Waals surface area contributed by atoms with Crippen LogP contribution >= 0.6 is 8.38 Å². The number of ether oxygens (including phenoxy) is 6. The zero-order valence-electron chi connectivity index (χ0n) is 36.4. The first-order chi connectivity index (χ1) is 29.8. The number of aliphatic hydroxyl groups excluding tert-OH is 1. The van der Waals surface area contributed by atoms with Gasteiger partial charge in [-0.3, -0.25) is 0 Å². The Morgan fingerprint density at radius 2 is 1.65 bits per heavy atom. The Hall–Kier alpha value is -4.06. The fourth-order valence-electron chi connectivity index (χ4n) is 7.02. The van der Waals surface area contributed by atoms with Crippen molar-refractivity contribution >= 4 is 30.5 Å². The minimum absolute atomic E-state index is 0.0589. The summed E-state index contributed by atoms with van der Waals surface area (Å²) in [5.41, 5.74) is 1.76. The van der Waals surface area contributed by atoms with Gasteiger partial charge in [-0.2, -0.15) is 4.31 Å². The van der Waals surface area contributed by atoms with Crippen molar-refractivity contribution in [2.75, 3.05) is 59.3 Å². The highest BCUT2D eigenvalue weighted by Gasteiger charge is 2.44. The first-order valence-electron chi connectivity index (χ1n) is 21.1. The number of benzene rings is 3. The molecule has 2 aliphatic heterocycles. The number of fused-ring (bicyclic) bond motifs is 1. The standard InChI is InChI=1S/C44H62N3O13PS/c1-7-54-39-11-9-10-12-40(39)60-61(59-31(5)42(49)55-8-2)24-22-45-26-33-15-13-32(14-16-33)25-37(46-44(50)58-41-29-57-43-36(41)21-23-56-43)38(48)28-47(27-30(3)4)62(51,52)35-19-17-34(53-6)18-20-35/h9-20,30-31,36-38,41,43,45,48H,7-8,21-29H2,1-6H3,(H,46,50)/t31-,36-,37-,38+,41?,43+,61?/m0/s1. The molecule has 2 saturated heterocycles. The molecule has 2 fully saturated rings. The molecule has 2 heterocycles. The number of hydrogen-bond acceptors (Lipinski definition) is 14. The van der Waals surface area contributed by atoms with Crippen LogP contribution in [0.2, 0.25) is 0 Å². The third kappa shape index (κ3) is 14.2. The molecule has 62 heavy (non-hydrogen) atoms. The van der Waals surface area contributed by atoms with Gasteiger partial charge in [0.1, 0.15) is 11.9 Å². The van der Waals surface area contributed by atoms with Crippen molar-refractivity contribution in [3.63, 3.8) is 0 Å². The van der Waals surface area contributed by atoms with Gasteiger partial charge in [0.25, 0.3) is 0 Å². The molecule has 18 heteroatoms. The fraction of sp³-hybridized carbons (Fsp3) is 0.545. The van der Waals surface area contributed by atoms with E-state index in [-0.39, 0.29) is 49.5 Å². The molecular weight excluding hydrogens is 842 g/mol. The monoisotopic (exact) mass is 903 g/mol. The van der Waals surface area contributed by atoms with E-state index in [0.29, 0.717) is 56.1 Å². The molecule has 3 aromatic carbocycles. The molecule has 0 aliphatic carbocycles. The maximum Gasteiger partial charge on any atom is 0.407 e. The van der Waals surface area contributed by atoms with Crippen molar-refractivity contribution in [3.05, 3.63) is 83.9 Å². The van der Waals surface area contributed by atoms with Crippen molar-refractivity contribution in [3.8, 4) is 17.2 Å². The van der Waals surface area contributed by atoms with Gasteiger partial charge < -0.3 is 53.2 Å². The van der Waals surface area contributed by atoms with Crippen LogP contribution < -0.4 is 24.6 Å². The first kappa shape index (κ1) is 49.0. The maximum absolute atomic E-state index is 13.9. The van der Waals surface area contributed by atoms with Crippen LogP contribution in [0.4, 0.5) is 4.79 Å². The minimum atomic E-state index is -4.04. The fourth-order valence-corrected chi connectivity index (χ4v) is 10.0. The van der Waals surface area contributed by atoms with Gasteiger partial charge in [0.15, 0.2) is 23.9 Å². The van der Waals surface area contributed by atoms with Crippen molar-refractivity contribution in [2.24, 2.45) is 11.8 Å². The van der Waals surface area contributed by atoms with Crippen molar-refractivity contribution < 1.29 is 60.6 Å². The molecule has 3 aromatic rings. The average Bonchev–Trinajstić information content (AvgIpc) is 3.88. The molecule has 1 amide bonds. The van der Waals surface area contributed by atoms with E-state index in [1.165, 1.54) is 23.5 Å². The first-order valence-corrected chi connectivity index (χ1v) is 23.9. The number of aliphatic hydroxyl groups is 1. The highest BCUT2D eigenvalue weighted by molar-refractivity contribution is 7.89. The van der Waals surface area contributed by atoms with E-state index in [1.54, 1.807) is 32.0 Å². The second-order valence-corrected chi connectivity index (χ2v) is 18.8. The number of carbonyl (C=O) groups is 2. The zero-order chi connectivity index (χ0) is 44.6. The SMILES string of the molecule is CCOC(=O)[C@H](C)OP(CCNCc1ccc(C[C@H](NC(=O)OC2CO[C@H]3OCC[C@@H]23)[C@H](O)CN(CC(C)C)S(=O)(=O)c2ccc(OC)cc2)cc1)Oc1ccccc1OCC. The summed E-state index contributed by atoms with van der Waals surface area (Å²) in [7, 11) is -4.11. The largest absolute Gasteiger partial charge is 0.497 e. The summed E-state index contributed by atoms with van der Waals surface area (Å²) in [5, 5.41) is 18.1. The number of nitrogens with zero attached hydrogens (tertiary/aromatic N) is 1. The average molecular weight is 904 g/mol. The highest BCUT2D eigenvalue weighted by Crippen LogP contribution is 2.44. The van der Waals surface area contributed by atoms with E-state index in [4.69, 9.17) is 37.5 Å². The number of methoxy groups -OCH3 is 1. The molecule has 0 bridgehead atoms. The van der Waals surface area contributed by atoms with Crippen LogP contribution in [-0.4, -0.2) is 120 Å². The van der Waals surface area contributed by atoms with Crippen LogP contribution in [-0.2, 0) is 51.3 Å². The lowest BCUT2D eigenvalue weighted by Gasteiger charge is -2.31. The highest BCUT2D eigenvalue weighted by atomic mass is 32.2. The van der Waals surface area contributed by atoms with Gasteiger partial charge in [-0.15, -0.1) is 0 Å². The number of alkyl carbamates (subject to hydrolysis) is 1. The maximum atomic E-state index is 13.9. The molecular formula is C44H62N3O13PS. The van der Waals surface area contributed by atoms with Gasteiger partial charge in [0.2, 0.25) is 18.4 Å². The van der Waals surface area contributed by atoms with Gasteiger partial charge in [-0.25, -0.2) is 18.0 Å². The summed E-state index contributed by atoms with van der Waals surface area (Å²) >= 11 is 0. The molecule has 16 nitrogen and oxygen atoms in total. The number of hydrogen-bond donors (Lipinski definition) is 3. The number of nitrogens with one attached hydrogen (secondary N) is 2. The molecule has 0 spiro atoms. The van der Waals surface area contributed by atoms with E-state index in [0.717, 1.165) is 11.1 Å². The Kier molecular flexibility index (Phi) is 19.1. The number of carbonyl (C=O) groups excluding carboxylic acids is 2. The van der Waals surface area contributed by atoms with Gasteiger partial charge in [0, 0.05) is 32.3 Å². The molecule has 7 atom stereocenters. The van der Waals surface area contributed by atoms with Crippen LogP contribution in [0.1, 0.15) is 52.2 Å². The normalized spacial score (nSPS) is 19.3. The summed E-state index contributed by atoms with van der Waals surface area (Å²) in [6, 6.07) is 20.2. The third-order valence-electron chi connectivity index (χ3n) is 10.2. The Morgan fingerprint density at radius 1 is 0.935 bits per heavy atom. The number of rotatable bonds is 25. The summed E-state index contributed by atoms with van der Waals surface area (Å²) in [5.74, 6) is 1.00. The molecule has 342 valence electrons. The predicted octanol–water partition coefficient (Wildman–Crippen LogP) is 5.65. The second kappa shape index (κ2) is 24.1. The number of sulfonamides is 1. The van der Waals surface area contributed by atoms with E-state index < -0.39 is 61.1 Å². The summed E-state index contributed by atoms with van der Waals surface area (Å²) in [6.45, 7) is 11.3. The quantitative estimate of drug-likeness (QED) is 0.0538. The molecule has 0 radical (unpaired) electrons. The lowest BCUT2D eigenvalue weighted by molar-refractivity contribution is -0.150. The van der Waals surface area contributed by atoms with E-state index >= 15 is 0 Å². The molecule has 0 saturated carbocycles. The minimum Gasteiger partial charge on any atom is -0.497 e. The van der Waals surface area contributed by atoms with Gasteiger partial charge in [-0.1, -0.05) is 50.2 Å². The van der Waals surface area contributed by atoms with Crippen LogP contribution in [0.25, 0.3) is 0 Å². The number of para-hydroxylation sites is 2. The number of esters is 1. The van der Waals surface area contributed by atoms with E-state index in [2.05, 4.69) is 10.6 Å². The third-order valence-corrected chi connectivity index (χ3v) is 13.6. The van der Waals surface area contributed by atoms with Crippen molar-refractivity contribution in [1.29, 1.82) is 0 Å². The lowest BCUT2D eigenvalue weighted by atomic mass is 10.00. The Labute approximate surface area is 366 Å². The molecule has 2 aliphatic rings. The summed E-state index contributed by atoms with van der Waals surface area (Å²) < 4.78 is 74.6. The van der Waals surface area contributed by atoms with E-state index in [1.807, 2.05) is 63.2 Å². The van der Waals surface area contributed by atoms with Crippen LogP contribution in [0, 0.1) is 11.8 Å². The van der Waals surface area contributed by atoms with Gasteiger partial charge in [0.05, 0.1) is 56.5 Å². The van der Waals surface area contributed by atoms with E-state index in [9.17, 15) is 23.1 Å². The Morgan fingerprint density at radius 3 is 2.32 bits per heavy atom. The Bertz CT molecular complexity index is 1960. The Balaban J connectivity index is 1.25. The molecule has 2 unspecified atom stereocenters. The molecule has 5 rings (SSSR count). The summed E-state index contributed by atoms with van der Waals surface area (Å²) in [4.78, 5) is 25.9. The smallest absolute Gasteiger partial charge is 0.407 e. The van der Waals surface area contributed by atoms with Crippen molar-refractivity contribution in [1.82, 2.24) is 14.9 Å². The van der Waals surface area contributed by atoms with Crippen LogP contribution in [0.5, 0.6) is 17.2 Å². The van der Waals surface area contributed by atoms with Crippen LogP contribution in [0.3, 0.4) is 0 Å². The second-order valence-electron chi connectivity index (χ2n) is 15.4. The van der Waals surface area contributed by atoms with Crippen LogP contribution in [0.15, 0.2) is 77.7 Å². The van der Waals surface area contributed by atoms with Gasteiger partial charge in [-0.05, 0) is 87.1 Å². The molecule has 0 aromatic heterocycles. The predicted molar refractivity (Wildman–Crippen MR) is 233 cm³/mol. The lowest BCUT2D eigenvalue weighted by Crippen LogP contribution is -2.51. The van der Waals surface area contributed by atoms with Gasteiger partial charge >= 0.3 is 12.1 Å². The van der Waals surface area contributed by atoms with Crippen molar-refractivity contribution in [2.45, 2.75) is 89.5 Å².